The molecule has 0 heterocycles. The maximum Gasteiger partial charge on any atom is 0.250 e. The third-order valence-electron chi connectivity index (χ3n) is 2.33. The number of para-hydroxylation sites is 1. The first-order chi connectivity index (χ1) is 8.65. The number of halogens is 1. The van der Waals surface area contributed by atoms with E-state index in [0.717, 1.165) is 11.3 Å². The fraction of sp³-hybridized carbons (Fsp3) is 0.462. The van der Waals surface area contributed by atoms with Crippen molar-refractivity contribution in [2.24, 2.45) is 0 Å². The van der Waals surface area contributed by atoms with Gasteiger partial charge in [-0.15, -0.1) is 11.6 Å². The van der Waals surface area contributed by atoms with Gasteiger partial charge in [0, 0.05) is 12.8 Å². The molecule has 0 saturated heterocycles. The smallest absolute Gasteiger partial charge is 0.250 e. The van der Waals surface area contributed by atoms with Crippen LogP contribution in [0, 0.1) is 0 Å². The van der Waals surface area contributed by atoms with Gasteiger partial charge in [-0.1, -0.05) is 18.2 Å². The predicted octanol–water partition coefficient (Wildman–Crippen LogP) is 2.59. The van der Waals surface area contributed by atoms with Crippen molar-refractivity contribution in [3.8, 4) is 0 Å². The Kier molecular flexibility index (Phi) is 6.72. The zero-order chi connectivity index (χ0) is 13.4. The van der Waals surface area contributed by atoms with Gasteiger partial charge < -0.3 is 14.8 Å². The molecule has 0 saturated carbocycles. The summed E-state index contributed by atoms with van der Waals surface area (Å²) in [5.41, 5.74) is 1.62. The molecule has 1 amide bonds. The Bertz CT molecular complexity index is 382. The van der Waals surface area contributed by atoms with Gasteiger partial charge >= 0.3 is 0 Å². The van der Waals surface area contributed by atoms with E-state index in [2.05, 4.69) is 5.32 Å². The Morgan fingerprint density at radius 3 is 2.78 bits per heavy atom. The highest BCUT2D eigenvalue weighted by Gasteiger charge is 2.10. The zero-order valence-corrected chi connectivity index (χ0v) is 11.4. The lowest BCUT2D eigenvalue weighted by Gasteiger charge is -2.12. The van der Waals surface area contributed by atoms with Crippen LogP contribution in [0.1, 0.15) is 17.9 Å². The number of rotatable bonds is 7. The van der Waals surface area contributed by atoms with Crippen LogP contribution in [0.25, 0.3) is 0 Å². The number of methoxy groups -OCH3 is 1. The number of carbonyl (C=O) groups excluding carboxylic acids is 1. The Morgan fingerprint density at radius 1 is 1.39 bits per heavy atom. The quantitative estimate of drug-likeness (QED) is 0.612. The maximum absolute atomic E-state index is 11.6. The summed E-state index contributed by atoms with van der Waals surface area (Å²) in [5.74, 6) is -0.198. The molecule has 0 aromatic heterocycles. The van der Waals surface area contributed by atoms with Gasteiger partial charge in [-0.05, 0) is 18.6 Å². The molecule has 0 radical (unpaired) electrons. The summed E-state index contributed by atoms with van der Waals surface area (Å²) in [7, 11) is 1.58. The van der Waals surface area contributed by atoms with Crippen molar-refractivity contribution in [3.63, 3.8) is 0 Å². The molecule has 1 aromatic rings. The van der Waals surface area contributed by atoms with Gasteiger partial charge in [-0.25, -0.2) is 0 Å². The van der Waals surface area contributed by atoms with Crippen LogP contribution in [0.4, 0.5) is 5.69 Å². The Morgan fingerprint density at radius 2 is 2.11 bits per heavy atom. The van der Waals surface area contributed by atoms with Gasteiger partial charge in [0.1, 0.15) is 6.61 Å². The molecule has 1 rings (SSSR count). The number of carbonyl (C=O) groups is 1. The highest BCUT2D eigenvalue weighted by atomic mass is 35.5. The van der Waals surface area contributed by atoms with E-state index in [0.29, 0.717) is 13.2 Å². The monoisotopic (exact) mass is 271 g/mol. The number of alkyl halides is 1. The number of anilines is 1. The fourth-order valence-corrected chi connectivity index (χ4v) is 1.64. The second kappa shape index (κ2) is 8.08. The summed E-state index contributed by atoms with van der Waals surface area (Å²) in [6.07, 6.45) is 0. The van der Waals surface area contributed by atoms with Crippen molar-refractivity contribution in [2.45, 2.75) is 12.3 Å². The van der Waals surface area contributed by atoms with Crippen molar-refractivity contribution < 1.29 is 14.3 Å². The molecule has 1 aromatic carbocycles. The van der Waals surface area contributed by atoms with Crippen LogP contribution < -0.4 is 5.32 Å². The summed E-state index contributed by atoms with van der Waals surface area (Å²) in [6, 6.07) is 7.45. The lowest BCUT2D eigenvalue weighted by molar-refractivity contribution is -0.121. The first-order valence-electron chi connectivity index (χ1n) is 5.74. The summed E-state index contributed by atoms with van der Waals surface area (Å²) < 4.78 is 9.96. The third kappa shape index (κ3) is 5.04. The highest BCUT2D eigenvalue weighted by Crippen LogP contribution is 2.26. The number of hydrogen-bond acceptors (Lipinski definition) is 3. The maximum atomic E-state index is 11.6. The molecule has 18 heavy (non-hydrogen) atoms. The van der Waals surface area contributed by atoms with Crippen LogP contribution in [0.15, 0.2) is 24.3 Å². The Hall–Kier alpha value is -1.10. The first-order valence-corrected chi connectivity index (χ1v) is 6.18. The van der Waals surface area contributed by atoms with Gasteiger partial charge in [0.15, 0.2) is 0 Å². The zero-order valence-electron chi connectivity index (χ0n) is 10.6. The van der Waals surface area contributed by atoms with Crippen LogP contribution >= 0.6 is 11.6 Å². The molecule has 0 bridgehead atoms. The molecule has 0 fully saturated rings. The molecule has 5 heteroatoms. The lowest BCUT2D eigenvalue weighted by atomic mass is 10.1. The van der Waals surface area contributed by atoms with Gasteiger partial charge in [0.25, 0.3) is 0 Å². The predicted molar refractivity (Wildman–Crippen MR) is 72.0 cm³/mol. The van der Waals surface area contributed by atoms with E-state index in [1.54, 1.807) is 7.11 Å². The van der Waals surface area contributed by atoms with E-state index < -0.39 is 0 Å². The molecule has 100 valence electrons. The fourth-order valence-electron chi connectivity index (χ4n) is 1.45. The summed E-state index contributed by atoms with van der Waals surface area (Å²) in [5, 5.41) is 2.62. The summed E-state index contributed by atoms with van der Waals surface area (Å²) in [6.45, 7) is 2.75. The third-order valence-corrected chi connectivity index (χ3v) is 2.56. The first kappa shape index (κ1) is 15.0. The van der Waals surface area contributed by atoms with Crippen molar-refractivity contribution in [3.05, 3.63) is 29.8 Å². The topological polar surface area (TPSA) is 47.6 Å². The number of ether oxygens (including phenoxy) is 2. The van der Waals surface area contributed by atoms with Crippen molar-refractivity contribution in [1.82, 2.24) is 0 Å². The molecule has 1 N–H and O–H groups in total. The van der Waals surface area contributed by atoms with Gasteiger partial charge in [-0.2, -0.15) is 0 Å². The standard InChI is InChI=1S/C13H18ClNO3/c1-10(14)11-5-3-4-6-12(11)15-13(16)9-18-8-7-17-2/h3-6,10H,7-9H2,1-2H3,(H,15,16). The van der Waals surface area contributed by atoms with E-state index in [-0.39, 0.29) is 17.9 Å². The molecular formula is C13H18ClNO3. The van der Waals surface area contributed by atoms with E-state index >= 15 is 0 Å². The van der Waals surface area contributed by atoms with E-state index in [1.807, 2.05) is 31.2 Å². The molecular weight excluding hydrogens is 254 g/mol. The van der Waals surface area contributed by atoms with Crippen LogP contribution in [0.3, 0.4) is 0 Å². The Balaban J connectivity index is 2.49. The SMILES string of the molecule is COCCOCC(=O)Nc1ccccc1C(C)Cl. The minimum absolute atomic E-state index is 0.00829. The average Bonchev–Trinajstić information content (AvgIpc) is 2.35. The van der Waals surface area contributed by atoms with E-state index in [1.165, 1.54) is 0 Å². The summed E-state index contributed by atoms with van der Waals surface area (Å²) >= 11 is 6.04. The molecule has 0 aliphatic heterocycles. The van der Waals surface area contributed by atoms with Crippen LogP contribution in [0.2, 0.25) is 0 Å². The minimum atomic E-state index is -0.198. The average molecular weight is 272 g/mol. The lowest BCUT2D eigenvalue weighted by Crippen LogP contribution is -2.20. The normalized spacial score (nSPS) is 12.2. The Labute approximate surface area is 112 Å². The van der Waals surface area contributed by atoms with Crippen LogP contribution in [-0.4, -0.2) is 32.8 Å². The minimum Gasteiger partial charge on any atom is -0.382 e. The largest absolute Gasteiger partial charge is 0.382 e. The second-order valence-corrected chi connectivity index (χ2v) is 4.45. The van der Waals surface area contributed by atoms with Gasteiger partial charge in [-0.3, -0.25) is 4.79 Å². The van der Waals surface area contributed by atoms with Gasteiger partial charge in [0.2, 0.25) is 5.91 Å². The van der Waals surface area contributed by atoms with Crippen molar-refractivity contribution >= 4 is 23.2 Å². The number of benzene rings is 1. The van der Waals surface area contributed by atoms with Crippen molar-refractivity contribution in [1.29, 1.82) is 0 Å². The van der Waals surface area contributed by atoms with E-state index in [9.17, 15) is 4.79 Å². The highest BCUT2D eigenvalue weighted by molar-refractivity contribution is 6.21. The van der Waals surface area contributed by atoms with Crippen LogP contribution in [0.5, 0.6) is 0 Å². The van der Waals surface area contributed by atoms with Crippen molar-refractivity contribution in [2.75, 3.05) is 32.2 Å². The number of amides is 1. The second-order valence-electron chi connectivity index (χ2n) is 3.80. The number of hydrogen-bond donors (Lipinski definition) is 1. The molecule has 1 unspecified atom stereocenters. The molecule has 1 atom stereocenters. The van der Waals surface area contributed by atoms with Gasteiger partial charge in [0.05, 0.1) is 18.6 Å². The van der Waals surface area contributed by atoms with Crippen LogP contribution in [-0.2, 0) is 14.3 Å². The molecule has 0 spiro atoms. The number of nitrogens with one attached hydrogen (secondary N) is 1. The molecule has 4 nitrogen and oxygen atoms in total. The molecule has 0 aliphatic rings. The molecule has 0 aliphatic carbocycles. The summed E-state index contributed by atoms with van der Waals surface area (Å²) in [4.78, 5) is 11.6. The van der Waals surface area contributed by atoms with E-state index in [4.69, 9.17) is 21.1 Å².